The molecule has 0 radical (unpaired) electrons. The van der Waals surface area contributed by atoms with Gasteiger partial charge in [0.2, 0.25) is 5.88 Å². The number of aryl methyl sites for hydroxylation is 2. The summed E-state index contributed by atoms with van der Waals surface area (Å²) in [6.07, 6.45) is 1.54. The highest BCUT2D eigenvalue weighted by Crippen LogP contribution is 2.46. The molecule has 0 spiro atoms. The quantitative estimate of drug-likeness (QED) is 0.397. The van der Waals surface area contributed by atoms with Gasteiger partial charge in [-0.1, -0.05) is 0 Å². The lowest BCUT2D eigenvalue weighted by Crippen LogP contribution is -2.31. The van der Waals surface area contributed by atoms with Crippen LogP contribution in [0.2, 0.25) is 0 Å². The summed E-state index contributed by atoms with van der Waals surface area (Å²) in [7, 11) is 3.55. The number of methoxy groups -OCH3 is 1. The van der Waals surface area contributed by atoms with Gasteiger partial charge in [0, 0.05) is 49.4 Å². The topological polar surface area (TPSA) is 86.8 Å². The fourth-order valence-corrected chi connectivity index (χ4v) is 4.98. The maximum absolute atomic E-state index is 13.1. The first-order valence-corrected chi connectivity index (χ1v) is 12.0. The molecule has 4 aromatic heterocycles. The number of pyridine rings is 1. The highest BCUT2D eigenvalue weighted by atomic mass is 19.4. The number of nitrogens with zero attached hydrogens (tertiary/aromatic N) is 8. The third-order valence-corrected chi connectivity index (χ3v) is 6.96. The summed E-state index contributed by atoms with van der Waals surface area (Å²) in [4.78, 5) is 15.6. The molecule has 1 saturated carbocycles. The van der Waals surface area contributed by atoms with Crippen molar-refractivity contribution in [3.63, 3.8) is 0 Å². The second-order valence-electron chi connectivity index (χ2n) is 9.44. The van der Waals surface area contributed by atoms with Gasteiger partial charge in [0.1, 0.15) is 17.8 Å². The van der Waals surface area contributed by atoms with Crippen molar-refractivity contribution in [2.24, 2.45) is 7.05 Å². The number of rotatable bonds is 5. The maximum atomic E-state index is 13.1. The van der Waals surface area contributed by atoms with Crippen molar-refractivity contribution in [2.45, 2.75) is 44.8 Å². The van der Waals surface area contributed by atoms with Gasteiger partial charge in [0.15, 0.2) is 5.69 Å². The van der Waals surface area contributed by atoms with E-state index in [9.17, 15) is 13.2 Å². The Morgan fingerprint density at radius 3 is 2.54 bits per heavy atom. The first-order valence-electron chi connectivity index (χ1n) is 12.0. The minimum atomic E-state index is -4.50. The molecule has 2 aliphatic rings. The summed E-state index contributed by atoms with van der Waals surface area (Å²) in [6.45, 7) is 2.89. The molecule has 0 aromatic carbocycles. The smallest absolute Gasteiger partial charge is 0.435 e. The Morgan fingerprint density at radius 2 is 1.89 bits per heavy atom. The average molecular weight is 511 g/mol. The number of hydrogen-bond acceptors (Lipinski definition) is 7. The number of alkyl halides is 3. The molecule has 6 rings (SSSR count). The lowest BCUT2D eigenvalue weighted by atomic mass is 9.99. The molecule has 1 fully saturated rings. The normalized spacial score (nSPS) is 15.7. The van der Waals surface area contributed by atoms with Gasteiger partial charge in [-0.25, -0.2) is 19.6 Å². The molecule has 0 amide bonds. The van der Waals surface area contributed by atoms with Gasteiger partial charge in [-0.3, -0.25) is 4.68 Å². The standard InChI is InChI=1S/C25H25F3N8O/c1-14-10-19(25(26,27)28)32-36(14)16-6-7-20(29-11-16)35-9-8-18-17(12-35)23(33-34(18)2)21-22(15-4-5-15)30-13-31-24(21)37-3/h6-7,10-11,13,15H,4-5,8-9,12H2,1-3H3. The van der Waals surface area contributed by atoms with Gasteiger partial charge < -0.3 is 9.64 Å². The molecule has 0 N–H and O–H groups in total. The average Bonchev–Trinajstić information content (AvgIpc) is 3.58. The molecule has 0 atom stereocenters. The van der Waals surface area contributed by atoms with Crippen LogP contribution in [0.5, 0.6) is 5.88 Å². The minimum absolute atomic E-state index is 0.384. The van der Waals surface area contributed by atoms with Crippen molar-refractivity contribution in [1.82, 2.24) is 34.5 Å². The predicted molar refractivity (Wildman–Crippen MR) is 129 cm³/mol. The first-order chi connectivity index (χ1) is 17.7. The summed E-state index contributed by atoms with van der Waals surface area (Å²) in [6, 6.07) is 4.58. The molecular weight excluding hydrogens is 485 g/mol. The molecule has 5 heterocycles. The van der Waals surface area contributed by atoms with Gasteiger partial charge in [0.25, 0.3) is 0 Å². The molecule has 12 heteroatoms. The van der Waals surface area contributed by atoms with E-state index in [1.165, 1.54) is 4.68 Å². The summed E-state index contributed by atoms with van der Waals surface area (Å²) in [5.41, 5.74) is 4.79. The van der Waals surface area contributed by atoms with Crippen LogP contribution in [0.4, 0.5) is 19.0 Å². The molecule has 9 nitrogen and oxygen atoms in total. The van der Waals surface area contributed by atoms with E-state index in [1.807, 2.05) is 17.8 Å². The van der Waals surface area contributed by atoms with E-state index in [1.54, 1.807) is 32.6 Å². The van der Waals surface area contributed by atoms with E-state index >= 15 is 0 Å². The highest BCUT2D eigenvalue weighted by molar-refractivity contribution is 5.73. The SMILES string of the molecule is COc1ncnc(C2CC2)c1-c1nn(C)c2c1CN(c1ccc(-n3nc(C(F)(F)F)cc3C)cn1)CC2. The van der Waals surface area contributed by atoms with Crippen LogP contribution in [-0.2, 0) is 26.2 Å². The van der Waals surface area contributed by atoms with Crippen LogP contribution in [0.15, 0.2) is 30.7 Å². The zero-order chi connectivity index (χ0) is 25.9. The van der Waals surface area contributed by atoms with Crippen LogP contribution in [-0.4, -0.2) is 48.2 Å². The third kappa shape index (κ3) is 4.09. The molecule has 192 valence electrons. The lowest BCUT2D eigenvalue weighted by Gasteiger charge is -2.29. The molecule has 0 bridgehead atoms. The Hall–Kier alpha value is -3.96. The van der Waals surface area contributed by atoms with E-state index in [4.69, 9.17) is 9.84 Å². The summed E-state index contributed by atoms with van der Waals surface area (Å²) < 4.78 is 48.0. The molecule has 4 aromatic rings. The fourth-order valence-electron chi connectivity index (χ4n) is 4.98. The van der Waals surface area contributed by atoms with E-state index < -0.39 is 11.9 Å². The van der Waals surface area contributed by atoms with E-state index in [2.05, 4.69) is 25.0 Å². The molecular formula is C25H25F3N8O. The van der Waals surface area contributed by atoms with Gasteiger partial charge in [-0.05, 0) is 38.0 Å². The Morgan fingerprint density at radius 1 is 1.08 bits per heavy atom. The Kier molecular flexibility index (Phi) is 5.42. The zero-order valence-corrected chi connectivity index (χ0v) is 20.6. The van der Waals surface area contributed by atoms with Crippen LogP contribution in [0, 0.1) is 6.92 Å². The van der Waals surface area contributed by atoms with Crippen molar-refractivity contribution in [3.05, 3.63) is 59.1 Å². The number of ether oxygens (including phenoxy) is 1. The maximum Gasteiger partial charge on any atom is 0.435 e. The Balaban J connectivity index is 1.32. The number of anilines is 1. The second-order valence-corrected chi connectivity index (χ2v) is 9.44. The predicted octanol–water partition coefficient (Wildman–Crippen LogP) is 4.23. The fraction of sp³-hybridized carbons (Fsp3) is 0.400. The zero-order valence-electron chi connectivity index (χ0n) is 20.6. The Bertz CT molecular complexity index is 1470. The second kappa shape index (κ2) is 8.56. The molecule has 1 aliphatic heterocycles. The summed E-state index contributed by atoms with van der Waals surface area (Å²) in [5.74, 6) is 1.64. The van der Waals surface area contributed by atoms with Crippen molar-refractivity contribution in [1.29, 1.82) is 0 Å². The molecule has 0 unspecified atom stereocenters. The summed E-state index contributed by atoms with van der Waals surface area (Å²) in [5, 5.41) is 8.58. The van der Waals surface area contributed by atoms with Crippen molar-refractivity contribution in [3.8, 4) is 22.8 Å². The number of aromatic nitrogens is 7. The van der Waals surface area contributed by atoms with Crippen molar-refractivity contribution >= 4 is 5.82 Å². The first kappa shape index (κ1) is 23.4. The Labute approximate surface area is 210 Å². The summed E-state index contributed by atoms with van der Waals surface area (Å²) >= 11 is 0. The van der Waals surface area contributed by atoms with Gasteiger partial charge >= 0.3 is 6.18 Å². The monoisotopic (exact) mass is 510 g/mol. The largest absolute Gasteiger partial charge is 0.480 e. The molecule has 1 aliphatic carbocycles. The number of halogens is 3. The van der Waals surface area contributed by atoms with Gasteiger partial charge in [-0.15, -0.1) is 0 Å². The van der Waals surface area contributed by atoms with Gasteiger partial charge in [-0.2, -0.15) is 23.4 Å². The van der Waals surface area contributed by atoms with E-state index in [0.29, 0.717) is 29.7 Å². The van der Waals surface area contributed by atoms with E-state index in [-0.39, 0.29) is 0 Å². The highest BCUT2D eigenvalue weighted by Gasteiger charge is 2.35. The number of hydrogen-bond donors (Lipinski definition) is 0. The van der Waals surface area contributed by atoms with Crippen LogP contribution in [0.3, 0.4) is 0 Å². The third-order valence-electron chi connectivity index (χ3n) is 6.96. The molecule has 37 heavy (non-hydrogen) atoms. The van der Waals surface area contributed by atoms with Crippen LogP contribution < -0.4 is 9.64 Å². The minimum Gasteiger partial charge on any atom is -0.480 e. The van der Waals surface area contributed by atoms with Gasteiger partial charge in [0.05, 0.1) is 30.3 Å². The van der Waals surface area contributed by atoms with Crippen molar-refractivity contribution < 1.29 is 17.9 Å². The lowest BCUT2D eigenvalue weighted by molar-refractivity contribution is -0.141. The number of fused-ring (bicyclic) bond motifs is 1. The van der Waals surface area contributed by atoms with Crippen molar-refractivity contribution in [2.75, 3.05) is 18.6 Å². The van der Waals surface area contributed by atoms with Crippen LogP contribution in [0.25, 0.3) is 16.9 Å². The molecule has 0 saturated heterocycles. The van der Waals surface area contributed by atoms with E-state index in [0.717, 1.165) is 65.9 Å². The van der Waals surface area contributed by atoms with Crippen LogP contribution >= 0.6 is 0 Å². The van der Waals surface area contributed by atoms with Crippen LogP contribution in [0.1, 0.15) is 47.1 Å².